The molecule has 1 amide bonds. The Morgan fingerprint density at radius 3 is 2.64 bits per heavy atom. The van der Waals surface area contributed by atoms with E-state index in [4.69, 9.17) is 4.74 Å². The fourth-order valence-electron chi connectivity index (χ4n) is 2.67. The van der Waals surface area contributed by atoms with Gasteiger partial charge in [-0.2, -0.15) is 16.8 Å². The summed E-state index contributed by atoms with van der Waals surface area (Å²) in [5.41, 5.74) is 0.913. The second kappa shape index (κ2) is 8.93. The van der Waals surface area contributed by atoms with E-state index >= 15 is 0 Å². The summed E-state index contributed by atoms with van der Waals surface area (Å²) in [7, 11) is -2.12. The largest absolute Gasteiger partial charge is 0.497 e. The molecule has 0 atom stereocenters. The third-order valence-corrected chi connectivity index (χ3v) is 7.31. The van der Waals surface area contributed by atoms with E-state index in [0.717, 1.165) is 16.0 Å². The lowest BCUT2D eigenvalue weighted by molar-refractivity contribution is -0.115. The van der Waals surface area contributed by atoms with Crippen LogP contribution >= 0.6 is 23.1 Å². The van der Waals surface area contributed by atoms with Crippen molar-refractivity contribution < 1.29 is 17.9 Å². The molecule has 6 nitrogen and oxygen atoms in total. The molecule has 148 valence electrons. The van der Waals surface area contributed by atoms with Gasteiger partial charge < -0.3 is 9.30 Å². The summed E-state index contributed by atoms with van der Waals surface area (Å²) in [5, 5.41) is 0. The Morgan fingerprint density at radius 1 is 1.21 bits per heavy atom. The van der Waals surface area contributed by atoms with Crippen LogP contribution in [0.1, 0.15) is 0 Å². The number of thioether (sulfide) groups is 1. The van der Waals surface area contributed by atoms with Crippen LogP contribution in [0.25, 0.3) is 10.2 Å². The van der Waals surface area contributed by atoms with E-state index in [1.165, 1.54) is 23.5 Å². The first-order chi connectivity index (χ1) is 13.4. The van der Waals surface area contributed by atoms with Crippen molar-refractivity contribution >= 4 is 49.1 Å². The van der Waals surface area contributed by atoms with Gasteiger partial charge in [0.15, 0.2) is 14.6 Å². The summed E-state index contributed by atoms with van der Waals surface area (Å²) < 4.78 is 33.1. The smallest absolute Gasteiger partial charge is 0.263 e. The number of nitrogens with zero attached hydrogens (tertiary/aromatic N) is 2. The van der Waals surface area contributed by atoms with Crippen LogP contribution in [0, 0.1) is 0 Å². The highest BCUT2D eigenvalue weighted by Crippen LogP contribution is 2.23. The number of thiazole rings is 1. The zero-order valence-corrected chi connectivity index (χ0v) is 17.9. The number of hydrogen-bond acceptors (Lipinski definition) is 6. The van der Waals surface area contributed by atoms with E-state index in [2.05, 4.69) is 4.99 Å². The van der Waals surface area contributed by atoms with E-state index in [-0.39, 0.29) is 4.90 Å². The van der Waals surface area contributed by atoms with Crippen LogP contribution in [0.3, 0.4) is 0 Å². The fraction of sp³-hybridized carbons (Fsp3) is 0.263. The summed E-state index contributed by atoms with van der Waals surface area (Å²) in [5.74, 6) is 0.220. The predicted octanol–water partition coefficient (Wildman–Crippen LogP) is 2.98. The fourth-order valence-corrected chi connectivity index (χ4v) is 5.22. The number of fused-ring (bicyclic) bond motifs is 1. The second-order valence-corrected chi connectivity index (χ2v) is 9.92. The van der Waals surface area contributed by atoms with Gasteiger partial charge >= 0.3 is 0 Å². The number of ether oxygens (including phenoxy) is 1. The number of carbonyl (C=O) groups is 1. The normalized spacial score (nSPS) is 12.4. The summed E-state index contributed by atoms with van der Waals surface area (Å²) in [6.07, 6.45) is 2.00. The zero-order chi connectivity index (χ0) is 20.1. The molecule has 0 N–H and O–H groups in total. The van der Waals surface area contributed by atoms with Crippen LogP contribution in [-0.2, 0) is 21.2 Å². The predicted molar refractivity (Wildman–Crippen MR) is 114 cm³/mol. The first kappa shape index (κ1) is 20.6. The Morgan fingerprint density at radius 2 is 1.96 bits per heavy atom. The van der Waals surface area contributed by atoms with Gasteiger partial charge in [-0.3, -0.25) is 4.79 Å². The number of hydrogen-bond donors (Lipinski definition) is 0. The van der Waals surface area contributed by atoms with Crippen molar-refractivity contribution in [2.45, 2.75) is 11.4 Å². The maximum absolute atomic E-state index is 12.4. The second-order valence-electron chi connectivity index (χ2n) is 5.94. The summed E-state index contributed by atoms with van der Waals surface area (Å²) >= 11 is 3.04. The van der Waals surface area contributed by atoms with Crippen molar-refractivity contribution in [3.63, 3.8) is 0 Å². The molecule has 0 spiro atoms. The van der Waals surface area contributed by atoms with Crippen molar-refractivity contribution in [1.82, 2.24) is 4.57 Å². The highest BCUT2D eigenvalue weighted by Gasteiger charge is 2.19. The molecule has 1 heterocycles. The van der Waals surface area contributed by atoms with Gasteiger partial charge in [0, 0.05) is 18.4 Å². The monoisotopic (exact) mass is 436 g/mol. The van der Waals surface area contributed by atoms with Crippen LogP contribution in [0.4, 0.5) is 0 Å². The summed E-state index contributed by atoms with van der Waals surface area (Å²) in [4.78, 5) is 17.2. The molecule has 3 rings (SSSR count). The Bertz CT molecular complexity index is 1150. The number of methoxy groups -OCH3 is 1. The first-order valence-corrected chi connectivity index (χ1v) is 12.3. The molecule has 2 aromatic carbocycles. The van der Waals surface area contributed by atoms with Crippen molar-refractivity contribution in [1.29, 1.82) is 0 Å². The van der Waals surface area contributed by atoms with Gasteiger partial charge in [0.05, 0.1) is 22.2 Å². The van der Waals surface area contributed by atoms with Gasteiger partial charge in [-0.25, -0.2) is 8.42 Å². The minimum atomic E-state index is -3.72. The molecule has 0 aliphatic carbocycles. The molecule has 0 fully saturated rings. The third kappa shape index (κ3) is 4.65. The number of rotatable bonds is 7. The molecule has 0 radical (unpaired) electrons. The van der Waals surface area contributed by atoms with Gasteiger partial charge in [0.25, 0.3) is 5.91 Å². The van der Waals surface area contributed by atoms with Gasteiger partial charge in [0.1, 0.15) is 11.5 Å². The average Bonchev–Trinajstić information content (AvgIpc) is 3.02. The molecular weight excluding hydrogens is 416 g/mol. The Labute approximate surface area is 171 Å². The molecule has 0 aliphatic heterocycles. The number of benzene rings is 2. The highest BCUT2D eigenvalue weighted by molar-refractivity contribution is 7.98. The lowest BCUT2D eigenvalue weighted by atomic mass is 10.3. The minimum Gasteiger partial charge on any atom is -0.497 e. The molecule has 0 saturated carbocycles. The Hall–Kier alpha value is -2.10. The van der Waals surface area contributed by atoms with Crippen LogP contribution in [0.5, 0.6) is 5.75 Å². The molecule has 0 saturated heterocycles. The van der Waals surface area contributed by atoms with Crippen molar-refractivity contribution in [3.8, 4) is 5.75 Å². The highest BCUT2D eigenvalue weighted by atomic mass is 32.2. The number of amides is 1. The Balaban J connectivity index is 1.99. The van der Waals surface area contributed by atoms with Crippen LogP contribution < -0.4 is 9.54 Å². The quantitative estimate of drug-likeness (QED) is 0.569. The SMILES string of the molecule is COc1ccc2sc(=NC(=O)CS(=O)(=O)c3ccccc3)n(CCSC)c2c1. The van der Waals surface area contributed by atoms with Crippen LogP contribution in [0.2, 0.25) is 0 Å². The van der Waals surface area contributed by atoms with Crippen molar-refractivity contribution in [2.24, 2.45) is 4.99 Å². The molecule has 9 heteroatoms. The van der Waals surface area contributed by atoms with E-state index in [1.807, 2.05) is 29.0 Å². The van der Waals surface area contributed by atoms with E-state index in [0.29, 0.717) is 17.1 Å². The van der Waals surface area contributed by atoms with E-state index in [1.54, 1.807) is 37.1 Å². The molecule has 0 unspecified atom stereocenters. The maximum atomic E-state index is 12.4. The molecule has 0 aliphatic rings. The third-order valence-electron chi connectivity index (χ3n) is 4.04. The van der Waals surface area contributed by atoms with Crippen LogP contribution in [-0.4, -0.2) is 43.8 Å². The topological polar surface area (TPSA) is 77.7 Å². The number of sulfone groups is 1. The van der Waals surface area contributed by atoms with Gasteiger partial charge in [-0.05, 0) is 30.5 Å². The molecule has 28 heavy (non-hydrogen) atoms. The Kier molecular flexibility index (Phi) is 6.58. The standard InChI is InChI=1S/C19H20N2O4S3/c1-25-14-8-9-17-16(12-14)21(10-11-26-2)19(27-17)20-18(22)13-28(23,24)15-6-4-3-5-7-15/h3-9,12H,10-11,13H2,1-2H3. The lowest BCUT2D eigenvalue weighted by Gasteiger charge is -2.05. The zero-order valence-electron chi connectivity index (χ0n) is 15.5. The molecule has 1 aromatic heterocycles. The number of aryl methyl sites for hydroxylation is 1. The maximum Gasteiger partial charge on any atom is 0.263 e. The number of aromatic nitrogens is 1. The average molecular weight is 437 g/mol. The first-order valence-electron chi connectivity index (χ1n) is 8.46. The lowest BCUT2D eigenvalue weighted by Crippen LogP contribution is -2.21. The van der Waals surface area contributed by atoms with Gasteiger partial charge in [0.2, 0.25) is 0 Å². The van der Waals surface area contributed by atoms with E-state index < -0.39 is 21.5 Å². The van der Waals surface area contributed by atoms with E-state index in [9.17, 15) is 13.2 Å². The molecule has 3 aromatic rings. The molecular formula is C19H20N2O4S3. The van der Waals surface area contributed by atoms with Gasteiger partial charge in [-0.1, -0.05) is 29.5 Å². The van der Waals surface area contributed by atoms with Gasteiger partial charge in [-0.15, -0.1) is 0 Å². The van der Waals surface area contributed by atoms with Crippen molar-refractivity contribution in [3.05, 3.63) is 53.3 Å². The summed E-state index contributed by atoms with van der Waals surface area (Å²) in [6, 6.07) is 13.6. The minimum absolute atomic E-state index is 0.120. The number of carbonyl (C=O) groups excluding carboxylic acids is 1. The summed E-state index contributed by atoms with van der Waals surface area (Å²) in [6.45, 7) is 0.659. The van der Waals surface area contributed by atoms with Crippen LogP contribution in [0.15, 0.2) is 58.4 Å². The molecule has 0 bridgehead atoms. The van der Waals surface area contributed by atoms with Crippen molar-refractivity contribution in [2.75, 3.05) is 24.9 Å².